The van der Waals surface area contributed by atoms with E-state index >= 15 is 0 Å². The van der Waals surface area contributed by atoms with Crippen LogP contribution in [0.15, 0.2) is 11.6 Å². The summed E-state index contributed by atoms with van der Waals surface area (Å²) < 4.78 is 10.6. The fourth-order valence-corrected chi connectivity index (χ4v) is 1.17. The maximum atomic E-state index is 10.9. The highest BCUT2D eigenvalue weighted by atomic mass is 16.5. The van der Waals surface area contributed by atoms with Crippen molar-refractivity contribution in [2.45, 2.75) is 20.8 Å². The van der Waals surface area contributed by atoms with Gasteiger partial charge in [0.05, 0.1) is 26.4 Å². The Bertz CT molecular complexity index is 239. The first kappa shape index (κ1) is 11.4. The van der Waals surface area contributed by atoms with Gasteiger partial charge in [-0.1, -0.05) is 13.0 Å². The van der Waals surface area contributed by atoms with Crippen molar-refractivity contribution in [3.8, 4) is 0 Å². The molecule has 0 aromatic carbocycles. The summed E-state index contributed by atoms with van der Waals surface area (Å²) in [5.74, 6) is 0.104. The Balaban J connectivity index is 2.15. The fraction of sp³-hybridized carbons (Fsp3) is 0.727. The van der Waals surface area contributed by atoms with E-state index in [0.29, 0.717) is 13.2 Å². The number of carbonyl (C=O) groups excluding carboxylic acids is 1. The molecule has 0 radical (unpaired) electrons. The molecular formula is C11H18O3. The number of rotatable bonds is 5. The van der Waals surface area contributed by atoms with Gasteiger partial charge in [0.1, 0.15) is 0 Å². The third kappa shape index (κ3) is 3.24. The molecule has 0 aromatic rings. The van der Waals surface area contributed by atoms with Crippen LogP contribution >= 0.6 is 0 Å². The first-order valence-corrected chi connectivity index (χ1v) is 4.87. The largest absolute Gasteiger partial charge is 0.380 e. The van der Waals surface area contributed by atoms with E-state index in [2.05, 4.69) is 6.92 Å². The monoisotopic (exact) mass is 198 g/mol. The smallest absolute Gasteiger partial charge is 0.155 e. The second kappa shape index (κ2) is 4.71. The number of hydrogen-bond donors (Lipinski definition) is 0. The van der Waals surface area contributed by atoms with Crippen molar-refractivity contribution >= 4 is 5.78 Å². The van der Waals surface area contributed by atoms with Gasteiger partial charge in [-0.3, -0.25) is 4.79 Å². The van der Waals surface area contributed by atoms with Crippen molar-refractivity contribution in [3.63, 3.8) is 0 Å². The quantitative estimate of drug-likeness (QED) is 0.497. The van der Waals surface area contributed by atoms with E-state index in [1.807, 2.05) is 6.08 Å². The van der Waals surface area contributed by atoms with Gasteiger partial charge in [-0.15, -0.1) is 0 Å². The second-order valence-corrected chi connectivity index (χ2v) is 4.26. The number of Topliss-reactive ketones (excluding diaryl/α,β-unsaturated/α-hetero) is 1. The average molecular weight is 198 g/mol. The Morgan fingerprint density at radius 2 is 2.14 bits per heavy atom. The number of hydrogen-bond acceptors (Lipinski definition) is 3. The van der Waals surface area contributed by atoms with E-state index < -0.39 is 0 Å². The molecule has 1 heterocycles. The van der Waals surface area contributed by atoms with E-state index in [1.54, 1.807) is 13.8 Å². The number of ketones is 1. The SMILES string of the molecule is CC(=O)C(C)=CCOCC1(C)COC1. The summed E-state index contributed by atoms with van der Waals surface area (Å²) in [5, 5.41) is 0. The van der Waals surface area contributed by atoms with Crippen LogP contribution in [0.25, 0.3) is 0 Å². The van der Waals surface area contributed by atoms with Crippen LogP contribution in [0.4, 0.5) is 0 Å². The predicted octanol–water partition coefficient (Wildman–Crippen LogP) is 1.57. The van der Waals surface area contributed by atoms with Gasteiger partial charge >= 0.3 is 0 Å². The molecule has 3 heteroatoms. The first-order valence-electron chi connectivity index (χ1n) is 4.87. The van der Waals surface area contributed by atoms with Gasteiger partial charge in [-0.25, -0.2) is 0 Å². The molecule has 0 atom stereocenters. The van der Waals surface area contributed by atoms with Crippen molar-refractivity contribution in [3.05, 3.63) is 11.6 Å². The van der Waals surface area contributed by atoms with Gasteiger partial charge in [-0.2, -0.15) is 0 Å². The molecule has 80 valence electrons. The second-order valence-electron chi connectivity index (χ2n) is 4.26. The van der Waals surface area contributed by atoms with Gasteiger partial charge in [0.2, 0.25) is 0 Å². The molecule has 14 heavy (non-hydrogen) atoms. The normalized spacial score (nSPS) is 20.4. The zero-order valence-corrected chi connectivity index (χ0v) is 9.13. The lowest BCUT2D eigenvalue weighted by Crippen LogP contribution is -2.43. The number of allylic oxidation sites excluding steroid dienone is 1. The minimum Gasteiger partial charge on any atom is -0.380 e. The lowest BCUT2D eigenvalue weighted by Gasteiger charge is -2.37. The van der Waals surface area contributed by atoms with Gasteiger partial charge < -0.3 is 9.47 Å². The maximum Gasteiger partial charge on any atom is 0.155 e. The minimum absolute atomic E-state index is 0.104. The average Bonchev–Trinajstić information content (AvgIpc) is 2.09. The molecule has 0 saturated carbocycles. The Hall–Kier alpha value is -0.670. The Kier molecular flexibility index (Phi) is 3.84. The van der Waals surface area contributed by atoms with E-state index in [4.69, 9.17) is 9.47 Å². The Morgan fingerprint density at radius 3 is 2.57 bits per heavy atom. The van der Waals surface area contributed by atoms with Crippen LogP contribution in [-0.4, -0.2) is 32.2 Å². The van der Waals surface area contributed by atoms with Gasteiger partial charge in [0, 0.05) is 5.41 Å². The number of carbonyl (C=O) groups is 1. The van der Waals surface area contributed by atoms with E-state index in [9.17, 15) is 4.79 Å². The summed E-state index contributed by atoms with van der Waals surface area (Å²) in [5.41, 5.74) is 0.956. The van der Waals surface area contributed by atoms with Crippen LogP contribution in [0.2, 0.25) is 0 Å². The standard InChI is InChI=1S/C11H18O3/c1-9(10(2)12)4-5-13-6-11(3)7-14-8-11/h4H,5-8H2,1-3H3. The number of ether oxygens (including phenoxy) is 2. The van der Waals surface area contributed by atoms with E-state index in [1.165, 1.54) is 0 Å². The van der Waals surface area contributed by atoms with Gasteiger partial charge in [-0.05, 0) is 19.4 Å². The van der Waals surface area contributed by atoms with Gasteiger partial charge in [0.25, 0.3) is 0 Å². The third-order valence-electron chi connectivity index (χ3n) is 2.41. The molecule has 0 aromatic heterocycles. The molecule has 1 rings (SSSR count). The van der Waals surface area contributed by atoms with Crippen LogP contribution < -0.4 is 0 Å². The molecule has 0 spiro atoms. The molecule has 1 aliphatic heterocycles. The van der Waals surface area contributed by atoms with Crippen molar-refractivity contribution in [2.75, 3.05) is 26.4 Å². The summed E-state index contributed by atoms with van der Waals surface area (Å²) in [6, 6.07) is 0. The topological polar surface area (TPSA) is 35.5 Å². The van der Waals surface area contributed by atoms with Crippen molar-refractivity contribution in [2.24, 2.45) is 5.41 Å². The zero-order valence-electron chi connectivity index (χ0n) is 9.13. The van der Waals surface area contributed by atoms with Crippen molar-refractivity contribution in [1.29, 1.82) is 0 Å². The molecule has 0 N–H and O–H groups in total. The third-order valence-corrected chi connectivity index (χ3v) is 2.41. The first-order chi connectivity index (χ1) is 6.53. The van der Waals surface area contributed by atoms with Crippen molar-refractivity contribution < 1.29 is 14.3 Å². The fourth-order valence-electron chi connectivity index (χ4n) is 1.17. The highest BCUT2D eigenvalue weighted by molar-refractivity contribution is 5.92. The Morgan fingerprint density at radius 1 is 1.50 bits per heavy atom. The van der Waals surface area contributed by atoms with E-state index in [0.717, 1.165) is 18.8 Å². The molecular weight excluding hydrogens is 180 g/mol. The van der Waals surface area contributed by atoms with Crippen LogP contribution in [0, 0.1) is 5.41 Å². The minimum atomic E-state index is 0.104. The van der Waals surface area contributed by atoms with Crippen LogP contribution in [0.1, 0.15) is 20.8 Å². The summed E-state index contributed by atoms with van der Waals surface area (Å²) in [6.07, 6.45) is 1.82. The lowest BCUT2D eigenvalue weighted by molar-refractivity contribution is -0.135. The summed E-state index contributed by atoms with van der Waals surface area (Å²) in [6.45, 7) is 8.28. The summed E-state index contributed by atoms with van der Waals surface area (Å²) in [4.78, 5) is 10.9. The van der Waals surface area contributed by atoms with Crippen LogP contribution in [0.3, 0.4) is 0 Å². The van der Waals surface area contributed by atoms with Crippen molar-refractivity contribution in [1.82, 2.24) is 0 Å². The predicted molar refractivity (Wildman–Crippen MR) is 54.2 cm³/mol. The van der Waals surface area contributed by atoms with Crippen LogP contribution in [-0.2, 0) is 14.3 Å². The van der Waals surface area contributed by atoms with Gasteiger partial charge in [0.15, 0.2) is 5.78 Å². The molecule has 0 bridgehead atoms. The molecule has 1 saturated heterocycles. The summed E-state index contributed by atoms with van der Waals surface area (Å²) in [7, 11) is 0. The molecule has 0 aliphatic carbocycles. The summed E-state index contributed by atoms with van der Waals surface area (Å²) >= 11 is 0. The van der Waals surface area contributed by atoms with E-state index in [-0.39, 0.29) is 11.2 Å². The zero-order chi connectivity index (χ0) is 10.6. The molecule has 1 aliphatic rings. The maximum absolute atomic E-state index is 10.9. The lowest BCUT2D eigenvalue weighted by atomic mass is 9.90. The highest BCUT2D eigenvalue weighted by Crippen LogP contribution is 2.26. The highest BCUT2D eigenvalue weighted by Gasteiger charge is 2.33. The molecule has 0 unspecified atom stereocenters. The Labute approximate surface area is 85.1 Å². The molecule has 0 amide bonds. The molecule has 1 fully saturated rings. The molecule has 3 nitrogen and oxygen atoms in total. The van der Waals surface area contributed by atoms with Crippen LogP contribution in [0.5, 0.6) is 0 Å².